The SMILES string of the molecule is O=C(O)C(=O)c1ccccc1C1CCNCC1. The number of carboxylic acid groups (broad SMARTS) is 1. The summed E-state index contributed by atoms with van der Waals surface area (Å²) in [5.41, 5.74) is 1.22. The van der Waals surface area contributed by atoms with Gasteiger partial charge in [-0.1, -0.05) is 24.3 Å². The number of carbonyl (C=O) groups excluding carboxylic acids is 1. The number of hydrogen-bond acceptors (Lipinski definition) is 3. The fraction of sp³-hybridized carbons (Fsp3) is 0.385. The third kappa shape index (κ3) is 2.53. The van der Waals surface area contributed by atoms with E-state index in [1.807, 2.05) is 12.1 Å². The van der Waals surface area contributed by atoms with Crippen LogP contribution in [0.5, 0.6) is 0 Å². The molecule has 0 saturated carbocycles. The Balaban J connectivity index is 2.32. The molecule has 2 N–H and O–H groups in total. The number of benzene rings is 1. The average molecular weight is 233 g/mol. The van der Waals surface area contributed by atoms with Crippen LogP contribution in [-0.2, 0) is 4.79 Å². The average Bonchev–Trinajstić information content (AvgIpc) is 2.39. The fourth-order valence-electron chi connectivity index (χ4n) is 2.31. The topological polar surface area (TPSA) is 66.4 Å². The van der Waals surface area contributed by atoms with Gasteiger partial charge in [0.25, 0.3) is 5.78 Å². The highest BCUT2D eigenvalue weighted by molar-refractivity contribution is 6.40. The highest BCUT2D eigenvalue weighted by Gasteiger charge is 2.23. The number of rotatable bonds is 3. The van der Waals surface area contributed by atoms with Gasteiger partial charge in [0.15, 0.2) is 0 Å². The molecule has 4 heteroatoms. The van der Waals surface area contributed by atoms with Crippen LogP contribution in [0, 0.1) is 0 Å². The zero-order valence-electron chi connectivity index (χ0n) is 9.48. The van der Waals surface area contributed by atoms with Gasteiger partial charge in [0.1, 0.15) is 0 Å². The normalized spacial score (nSPS) is 16.7. The largest absolute Gasteiger partial charge is 0.475 e. The minimum absolute atomic E-state index is 0.288. The number of aliphatic carboxylic acids is 1. The molecule has 0 radical (unpaired) electrons. The molecule has 0 bridgehead atoms. The minimum atomic E-state index is -1.38. The smallest absolute Gasteiger partial charge is 0.377 e. The highest BCUT2D eigenvalue weighted by atomic mass is 16.4. The molecule has 0 spiro atoms. The van der Waals surface area contributed by atoms with Gasteiger partial charge in [-0.05, 0) is 37.4 Å². The Morgan fingerprint density at radius 2 is 1.82 bits per heavy atom. The molecule has 0 aromatic heterocycles. The van der Waals surface area contributed by atoms with Crippen LogP contribution in [-0.4, -0.2) is 29.9 Å². The van der Waals surface area contributed by atoms with E-state index in [-0.39, 0.29) is 5.92 Å². The molecule has 0 amide bonds. The molecule has 0 unspecified atom stereocenters. The van der Waals surface area contributed by atoms with Gasteiger partial charge in [0, 0.05) is 5.56 Å². The standard InChI is InChI=1S/C13H15NO3/c15-12(13(16)17)11-4-2-1-3-10(11)9-5-7-14-8-6-9/h1-4,9,14H,5-8H2,(H,16,17). The molecule has 1 saturated heterocycles. The van der Waals surface area contributed by atoms with Crippen LogP contribution in [0.1, 0.15) is 34.7 Å². The van der Waals surface area contributed by atoms with Crippen molar-refractivity contribution in [2.24, 2.45) is 0 Å². The van der Waals surface area contributed by atoms with Gasteiger partial charge in [-0.25, -0.2) is 4.79 Å². The minimum Gasteiger partial charge on any atom is -0.475 e. The summed E-state index contributed by atoms with van der Waals surface area (Å²) < 4.78 is 0. The maximum atomic E-state index is 11.6. The van der Waals surface area contributed by atoms with E-state index in [2.05, 4.69) is 5.32 Å². The molecule has 1 aromatic rings. The van der Waals surface area contributed by atoms with Crippen LogP contribution >= 0.6 is 0 Å². The van der Waals surface area contributed by atoms with Gasteiger partial charge in [-0.2, -0.15) is 0 Å². The summed E-state index contributed by atoms with van der Waals surface area (Å²) >= 11 is 0. The number of piperidine rings is 1. The lowest BCUT2D eigenvalue weighted by molar-refractivity contribution is -0.131. The zero-order valence-corrected chi connectivity index (χ0v) is 9.48. The molecule has 1 aliphatic heterocycles. The monoisotopic (exact) mass is 233 g/mol. The molecule has 1 aromatic carbocycles. The van der Waals surface area contributed by atoms with E-state index in [0.29, 0.717) is 5.56 Å². The Hall–Kier alpha value is -1.68. The Kier molecular flexibility index (Phi) is 3.54. The first-order valence-electron chi connectivity index (χ1n) is 5.77. The van der Waals surface area contributed by atoms with Crippen LogP contribution < -0.4 is 5.32 Å². The molecular formula is C13H15NO3. The van der Waals surface area contributed by atoms with Gasteiger partial charge >= 0.3 is 5.97 Å². The van der Waals surface area contributed by atoms with Crippen LogP contribution in [0.2, 0.25) is 0 Å². The molecule has 0 aliphatic carbocycles. The molecule has 1 heterocycles. The molecule has 4 nitrogen and oxygen atoms in total. The molecule has 1 aliphatic rings. The van der Waals surface area contributed by atoms with Gasteiger partial charge < -0.3 is 10.4 Å². The summed E-state index contributed by atoms with van der Waals surface area (Å²) in [6.45, 7) is 1.83. The maximum Gasteiger partial charge on any atom is 0.377 e. The van der Waals surface area contributed by atoms with Crippen molar-refractivity contribution in [3.63, 3.8) is 0 Å². The Morgan fingerprint density at radius 1 is 1.18 bits per heavy atom. The van der Waals surface area contributed by atoms with Crippen LogP contribution in [0.25, 0.3) is 0 Å². The molecule has 17 heavy (non-hydrogen) atoms. The first-order valence-corrected chi connectivity index (χ1v) is 5.77. The maximum absolute atomic E-state index is 11.6. The lowest BCUT2D eigenvalue weighted by Gasteiger charge is -2.24. The zero-order chi connectivity index (χ0) is 12.3. The van der Waals surface area contributed by atoms with Gasteiger partial charge in [0.2, 0.25) is 0 Å². The predicted molar refractivity (Wildman–Crippen MR) is 63.3 cm³/mol. The third-order valence-corrected chi connectivity index (χ3v) is 3.18. The van der Waals surface area contributed by atoms with Crippen molar-refractivity contribution in [3.05, 3.63) is 35.4 Å². The number of Topliss-reactive ketones (excluding diaryl/α,β-unsaturated/α-hetero) is 1. The second-order valence-corrected chi connectivity index (χ2v) is 4.25. The number of carbonyl (C=O) groups is 2. The van der Waals surface area contributed by atoms with Gasteiger partial charge in [0.05, 0.1) is 0 Å². The molecule has 90 valence electrons. The second-order valence-electron chi connectivity index (χ2n) is 4.25. The van der Waals surface area contributed by atoms with Crippen molar-refractivity contribution in [3.8, 4) is 0 Å². The lowest BCUT2D eigenvalue weighted by atomic mass is 9.86. The van der Waals surface area contributed by atoms with Crippen LogP contribution in [0.15, 0.2) is 24.3 Å². The van der Waals surface area contributed by atoms with Crippen LogP contribution in [0.4, 0.5) is 0 Å². The molecule has 2 rings (SSSR count). The van der Waals surface area contributed by atoms with E-state index >= 15 is 0 Å². The van der Waals surface area contributed by atoms with Crippen molar-refractivity contribution in [1.82, 2.24) is 5.32 Å². The molecular weight excluding hydrogens is 218 g/mol. The lowest BCUT2D eigenvalue weighted by Crippen LogP contribution is -2.28. The Labute approximate surface area is 99.6 Å². The van der Waals surface area contributed by atoms with Crippen molar-refractivity contribution in [2.45, 2.75) is 18.8 Å². The summed E-state index contributed by atoms with van der Waals surface area (Å²) in [7, 11) is 0. The Morgan fingerprint density at radius 3 is 2.47 bits per heavy atom. The quantitative estimate of drug-likeness (QED) is 0.612. The number of hydrogen-bond donors (Lipinski definition) is 2. The second kappa shape index (κ2) is 5.10. The molecule has 1 fully saturated rings. The summed E-state index contributed by atoms with van der Waals surface area (Å²) in [5.74, 6) is -1.90. The summed E-state index contributed by atoms with van der Waals surface area (Å²) in [6.07, 6.45) is 1.90. The van der Waals surface area contributed by atoms with E-state index < -0.39 is 11.8 Å². The van der Waals surface area contributed by atoms with E-state index in [4.69, 9.17) is 5.11 Å². The van der Waals surface area contributed by atoms with E-state index in [0.717, 1.165) is 31.5 Å². The molecule has 0 atom stereocenters. The van der Waals surface area contributed by atoms with Gasteiger partial charge in [-0.15, -0.1) is 0 Å². The van der Waals surface area contributed by atoms with E-state index in [1.54, 1.807) is 12.1 Å². The number of nitrogens with one attached hydrogen (secondary N) is 1. The number of carboxylic acids is 1. The summed E-state index contributed by atoms with van der Waals surface area (Å²) in [5, 5.41) is 12.1. The first kappa shape index (κ1) is 11.8. The van der Waals surface area contributed by atoms with Crippen molar-refractivity contribution in [2.75, 3.05) is 13.1 Å². The van der Waals surface area contributed by atoms with Crippen molar-refractivity contribution in [1.29, 1.82) is 0 Å². The first-order chi connectivity index (χ1) is 8.20. The van der Waals surface area contributed by atoms with E-state index in [9.17, 15) is 9.59 Å². The Bertz CT molecular complexity index is 436. The van der Waals surface area contributed by atoms with E-state index in [1.165, 1.54) is 0 Å². The van der Waals surface area contributed by atoms with Crippen molar-refractivity contribution < 1.29 is 14.7 Å². The van der Waals surface area contributed by atoms with Gasteiger partial charge in [-0.3, -0.25) is 4.79 Å². The number of ketones is 1. The third-order valence-electron chi connectivity index (χ3n) is 3.18. The predicted octanol–water partition coefficient (Wildman–Crippen LogP) is 1.42. The fourth-order valence-corrected chi connectivity index (χ4v) is 2.31. The highest BCUT2D eigenvalue weighted by Crippen LogP contribution is 2.28. The summed E-state index contributed by atoms with van der Waals surface area (Å²) in [6, 6.07) is 7.04. The van der Waals surface area contributed by atoms with Crippen molar-refractivity contribution >= 4 is 11.8 Å². The summed E-state index contributed by atoms with van der Waals surface area (Å²) in [4.78, 5) is 22.4. The van der Waals surface area contributed by atoms with Crippen LogP contribution in [0.3, 0.4) is 0 Å².